The van der Waals surface area contributed by atoms with Crippen LogP contribution in [0, 0.1) is 0 Å². The molecule has 0 bridgehead atoms. The molecular weight excluding hydrogens is 408 g/mol. The van der Waals surface area contributed by atoms with Gasteiger partial charge in [0.1, 0.15) is 5.82 Å². The standard InChI is InChI=1S/C21H25ClN4O2S/c1-23-8-9-24-19-13-21(25-18-7-6-16(22)12-17(18)19)26-10-11-29(27,28)20-5-3-2-4-15(20)14-26/h2-7,12-13,23,27-28H,8-11,14H2,1H3,(H,24,25). The van der Waals surface area contributed by atoms with Crippen molar-refractivity contribution in [2.24, 2.45) is 0 Å². The number of nitrogens with zero attached hydrogens (tertiary/aromatic N) is 2. The van der Waals surface area contributed by atoms with Gasteiger partial charge in [-0.2, -0.15) is 10.6 Å². The number of likely N-dealkylation sites (N-methyl/N-ethyl adjacent to an activating group) is 1. The summed E-state index contributed by atoms with van der Waals surface area (Å²) in [4.78, 5) is 7.60. The maximum absolute atomic E-state index is 10.6. The lowest BCUT2D eigenvalue weighted by molar-refractivity contribution is 0.488. The Morgan fingerprint density at radius 2 is 1.97 bits per heavy atom. The highest BCUT2D eigenvalue weighted by molar-refractivity contribution is 8.24. The summed E-state index contributed by atoms with van der Waals surface area (Å²) in [7, 11) is -0.888. The predicted octanol–water partition coefficient (Wildman–Crippen LogP) is 4.65. The lowest BCUT2D eigenvalue weighted by Gasteiger charge is -2.32. The van der Waals surface area contributed by atoms with Crippen molar-refractivity contribution in [2.75, 3.05) is 42.7 Å². The molecule has 0 spiro atoms. The number of rotatable bonds is 5. The van der Waals surface area contributed by atoms with Gasteiger partial charge in [0.25, 0.3) is 0 Å². The second-order valence-corrected chi connectivity index (χ2v) is 9.74. The molecule has 1 aliphatic rings. The van der Waals surface area contributed by atoms with Crippen molar-refractivity contribution in [1.29, 1.82) is 0 Å². The van der Waals surface area contributed by atoms with Crippen LogP contribution in [0.25, 0.3) is 10.9 Å². The van der Waals surface area contributed by atoms with Gasteiger partial charge >= 0.3 is 0 Å². The van der Waals surface area contributed by atoms with Crippen LogP contribution in [-0.4, -0.2) is 46.5 Å². The molecule has 0 radical (unpaired) electrons. The van der Waals surface area contributed by atoms with E-state index in [4.69, 9.17) is 16.6 Å². The topological polar surface area (TPSA) is 80.7 Å². The van der Waals surface area contributed by atoms with Crippen LogP contribution in [0.15, 0.2) is 53.4 Å². The first-order chi connectivity index (χ1) is 14.0. The molecule has 3 aromatic rings. The summed E-state index contributed by atoms with van der Waals surface area (Å²) >= 11 is 6.22. The highest BCUT2D eigenvalue weighted by Crippen LogP contribution is 2.51. The number of nitrogens with one attached hydrogen (secondary N) is 2. The maximum atomic E-state index is 10.6. The van der Waals surface area contributed by atoms with Gasteiger partial charge in [0.05, 0.1) is 16.2 Å². The molecule has 4 N–H and O–H groups in total. The second-order valence-electron chi connectivity index (χ2n) is 7.12. The Balaban J connectivity index is 1.74. The molecule has 0 amide bonds. The van der Waals surface area contributed by atoms with E-state index < -0.39 is 10.6 Å². The molecule has 0 atom stereocenters. The van der Waals surface area contributed by atoms with Crippen LogP contribution in [-0.2, 0) is 6.54 Å². The van der Waals surface area contributed by atoms with Crippen LogP contribution >= 0.6 is 22.2 Å². The van der Waals surface area contributed by atoms with Gasteiger partial charge in [0.2, 0.25) is 0 Å². The van der Waals surface area contributed by atoms with E-state index in [0.717, 1.165) is 41.1 Å². The van der Waals surface area contributed by atoms with Gasteiger partial charge in [-0.25, -0.2) is 4.98 Å². The minimum Gasteiger partial charge on any atom is -0.383 e. The molecule has 1 aromatic heterocycles. The van der Waals surface area contributed by atoms with E-state index in [0.29, 0.717) is 23.0 Å². The number of anilines is 2. The van der Waals surface area contributed by atoms with Gasteiger partial charge in [-0.05, 0) is 36.9 Å². The minimum atomic E-state index is -2.81. The average Bonchev–Trinajstić information content (AvgIpc) is 2.84. The molecular formula is C21H25ClN4O2S. The molecule has 2 aromatic carbocycles. The Bertz CT molecular complexity index is 1030. The van der Waals surface area contributed by atoms with Crippen molar-refractivity contribution < 1.29 is 9.11 Å². The van der Waals surface area contributed by atoms with E-state index in [1.807, 2.05) is 55.6 Å². The fourth-order valence-corrected chi connectivity index (χ4v) is 5.31. The molecule has 0 saturated heterocycles. The maximum Gasteiger partial charge on any atom is 0.131 e. The van der Waals surface area contributed by atoms with Gasteiger partial charge in [-0.3, -0.25) is 9.11 Å². The van der Waals surface area contributed by atoms with E-state index in [-0.39, 0.29) is 5.75 Å². The molecule has 154 valence electrons. The van der Waals surface area contributed by atoms with Crippen molar-refractivity contribution in [3.8, 4) is 0 Å². The number of hydrogen-bond donors (Lipinski definition) is 4. The number of halogens is 1. The molecule has 29 heavy (non-hydrogen) atoms. The number of fused-ring (bicyclic) bond motifs is 2. The van der Waals surface area contributed by atoms with Crippen molar-refractivity contribution in [3.05, 3.63) is 59.1 Å². The lowest BCUT2D eigenvalue weighted by atomic mass is 10.1. The smallest absolute Gasteiger partial charge is 0.131 e. The number of pyridine rings is 1. The first kappa shape index (κ1) is 20.3. The SMILES string of the molecule is CNCCNc1cc(N2CCS(O)(O)c3ccccc3C2)nc2ccc(Cl)cc12. The Morgan fingerprint density at radius 3 is 2.79 bits per heavy atom. The van der Waals surface area contributed by atoms with Gasteiger partial charge in [-0.1, -0.05) is 29.8 Å². The molecule has 4 rings (SSSR count). The number of benzene rings is 2. The summed E-state index contributed by atoms with van der Waals surface area (Å²) in [6.45, 7) is 2.69. The molecule has 8 heteroatoms. The first-order valence-electron chi connectivity index (χ1n) is 9.55. The van der Waals surface area contributed by atoms with Crippen LogP contribution in [0.3, 0.4) is 0 Å². The third-order valence-corrected chi connectivity index (χ3v) is 7.19. The van der Waals surface area contributed by atoms with Gasteiger partial charge in [-0.15, -0.1) is 0 Å². The van der Waals surface area contributed by atoms with Crippen molar-refractivity contribution >= 4 is 44.6 Å². The molecule has 0 unspecified atom stereocenters. The van der Waals surface area contributed by atoms with Crippen LogP contribution in [0.5, 0.6) is 0 Å². The fraction of sp³-hybridized carbons (Fsp3) is 0.286. The van der Waals surface area contributed by atoms with Crippen molar-refractivity contribution in [3.63, 3.8) is 0 Å². The van der Waals surface area contributed by atoms with E-state index >= 15 is 0 Å². The molecule has 0 fully saturated rings. The zero-order valence-corrected chi connectivity index (χ0v) is 17.8. The quantitative estimate of drug-likeness (QED) is 0.439. The monoisotopic (exact) mass is 432 g/mol. The highest BCUT2D eigenvalue weighted by Gasteiger charge is 2.26. The Labute approximate surface area is 177 Å². The third-order valence-electron chi connectivity index (χ3n) is 5.10. The molecule has 2 heterocycles. The summed E-state index contributed by atoms with van der Waals surface area (Å²) < 4.78 is 21.3. The van der Waals surface area contributed by atoms with E-state index in [2.05, 4.69) is 15.5 Å². The van der Waals surface area contributed by atoms with Crippen LogP contribution < -0.4 is 15.5 Å². The summed E-state index contributed by atoms with van der Waals surface area (Å²) in [5.41, 5.74) is 2.74. The van der Waals surface area contributed by atoms with Crippen LogP contribution in [0.4, 0.5) is 11.5 Å². The normalized spacial score (nSPS) is 16.9. The Kier molecular flexibility index (Phi) is 5.85. The molecule has 0 saturated carbocycles. The largest absolute Gasteiger partial charge is 0.383 e. The van der Waals surface area contributed by atoms with E-state index in [1.165, 1.54) is 0 Å². The number of aromatic nitrogens is 1. The van der Waals surface area contributed by atoms with E-state index in [9.17, 15) is 9.11 Å². The summed E-state index contributed by atoms with van der Waals surface area (Å²) in [5.74, 6) is 1.09. The van der Waals surface area contributed by atoms with Gasteiger partial charge in [0.15, 0.2) is 0 Å². The zero-order valence-electron chi connectivity index (χ0n) is 16.2. The summed E-state index contributed by atoms with van der Waals surface area (Å²) in [6.07, 6.45) is 0. The fourth-order valence-electron chi connectivity index (χ4n) is 3.60. The minimum absolute atomic E-state index is 0.285. The Hall–Kier alpha value is -2.03. The molecule has 1 aliphatic heterocycles. The number of hydrogen-bond acceptors (Lipinski definition) is 6. The average molecular weight is 433 g/mol. The third kappa shape index (κ3) is 4.29. The highest BCUT2D eigenvalue weighted by atomic mass is 35.5. The second kappa shape index (κ2) is 8.38. The van der Waals surface area contributed by atoms with Gasteiger partial charge < -0.3 is 15.5 Å². The zero-order chi connectivity index (χ0) is 20.4. The molecule has 0 aliphatic carbocycles. The van der Waals surface area contributed by atoms with Crippen LogP contribution in [0.1, 0.15) is 5.56 Å². The summed E-state index contributed by atoms with van der Waals surface area (Å²) in [6, 6.07) is 15.3. The van der Waals surface area contributed by atoms with E-state index in [1.54, 1.807) is 0 Å². The first-order valence-corrected chi connectivity index (χ1v) is 11.6. The Morgan fingerprint density at radius 1 is 1.14 bits per heavy atom. The van der Waals surface area contributed by atoms with Crippen molar-refractivity contribution in [1.82, 2.24) is 10.3 Å². The van der Waals surface area contributed by atoms with Gasteiger partial charge in [0, 0.05) is 48.3 Å². The summed E-state index contributed by atoms with van der Waals surface area (Å²) in [5, 5.41) is 8.24. The predicted molar refractivity (Wildman–Crippen MR) is 123 cm³/mol. The van der Waals surface area contributed by atoms with Crippen LogP contribution in [0.2, 0.25) is 5.02 Å². The lowest BCUT2D eigenvalue weighted by Crippen LogP contribution is -2.26. The van der Waals surface area contributed by atoms with Crippen molar-refractivity contribution in [2.45, 2.75) is 11.4 Å². The molecule has 6 nitrogen and oxygen atoms in total.